The molecule has 2 aromatic carbocycles. The topological polar surface area (TPSA) is 124 Å². The second kappa shape index (κ2) is 12.6. The summed E-state index contributed by atoms with van der Waals surface area (Å²) < 4.78 is 25.6. The molecule has 3 fully saturated rings. The van der Waals surface area contributed by atoms with Crippen LogP contribution < -0.4 is 5.32 Å². The fourth-order valence-electron chi connectivity index (χ4n) is 7.76. The number of carbonyl (C=O) groups excluding carboxylic acids is 3. The molecular weight excluding hydrogens is 591 g/mol. The van der Waals surface area contributed by atoms with Crippen molar-refractivity contribution in [2.45, 2.75) is 95.2 Å². The molecule has 46 heavy (non-hydrogen) atoms. The molecule has 3 heterocycles. The summed E-state index contributed by atoms with van der Waals surface area (Å²) in [6, 6.07) is 12.2. The van der Waals surface area contributed by atoms with Gasteiger partial charge in [0.15, 0.2) is 0 Å². The van der Waals surface area contributed by atoms with E-state index in [0.29, 0.717) is 22.9 Å². The van der Waals surface area contributed by atoms with Crippen molar-refractivity contribution in [3.63, 3.8) is 0 Å². The number of likely N-dealkylation sites (tertiary alicyclic amines) is 2. The van der Waals surface area contributed by atoms with Crippen LogP contribution >= 0.6 is 0 Å². The Labute approximate surface area is 268 Å². The number of aromatic nitrogens is 1. The number of ether oxygens (including phenoxy) is 2. The normalized spacial score (nSPS) is 24.1. The molecule has 2 saturated heterocycles. The second-order valence-corrected chi connectivity index (χ2v) is 13.7. The number of halogens is 1. The summed E-state index contributed by atoms with van der Waals surface area (Å²) in [4.78, 5) is 47.8. The number of amides is 3. The van der Waals surface area contributed by atoms with E-state index < -0.39 is 47.3 Å². The lowest BCUT2D eigenvalue weighted by Crippen LogP contribution is -2.57. The van der Waals surface area contributed by atoms with Crippen LogP contribution in [-0.4, -0.2) is 74.9 Å². The number of carbonyl (C=O) groups is 3. The van der Waals surface area contributed by atoms with Crippen molar-refractivity contribution >= 4 is 29.0 Å². The second-order valence-electron chi connectivity index (χ2n) is 13.7. The Morgan fingerprint density at radius 3 is 2.54 bits per heavy atom. The van der Waals surface area contributed by atoms with E-state index in [1.807, 2.05) is 30.3 Å². The summed E-state index contributed by atoms with van der Waals surface area (Å²) >= 11 is 0. The highest BCUT2D eigenvalue weighted by molar-refractivity contribution is 5.89. The number of hydrogen-bond acceptors (Lipinski definition) is 6. The van der Waals surface area contributed by atoms with Gasteiger partial charge < -0.3 is 29.8 Å². The molecule has 2 aliphatic heterocycles. The van der Waals surface area contributed by atoms with Crippen LogP contribution in [-0.2, 0) is 26.4 Å². The monoisotopic (exact) mass is 634 g/mol. The quantitative estimate of drug-likeness (QED) is 0.325. The molecule has 3 N–H and O–H groups in total. The minimum Gasteiger partial charge on any atom is -0.445 e. The highest BCUT2D eigenvalue weighted by Gasteiger charge is 2.65. The number of rotatable bonds is 6. The highest BCUT2D eigenvalue weighted by atomic mass is 19.1. The summed E-state index contributed by atoms with van der Waals surface area (Å²) in [6.07, 6.45) is 4.13. The van der Waals surface area contributed by atoms with Crippen LogP contribution in [0.25, 0.3) is 10.9 Å². The first-order valence-electron chi connectivity index (χ1n) is 16.2. The van der Waals surface area contributed by atoms with Crippen LogP contribution in [0.2, 0.25) is 0 Å². The lowest BCUT2D eigenvalue weighted by Gasteiger charge is -2.41. The Balaban J connectivity index is 1.37. The lowest BCUT2D eigenvalue weighted by atomic mass is 9.80. The molecule has 6 rings (SSSR count). The summed E-state index contributed by atoms with van der Waals surface area (Å²) in [6.45, 7) is 5.52. The third-order valence-corrected chi connectivity index (χ3v) is 9.68. The number of H-pyrrole nitrogens is 1. The maximum absolute atomic E-state index is 14.6. The Kier molecular flexibility index (Phi) is 8.71. The third-order valence-electron chi connectivity index (χ3n) is 9.68. The smallest absolute Gasteiger partial charge is 0.411 e. The molecule has 246 valence electrons. The van der Waals surface area contributed by atoms with E-state index in [9.17, 15) is 23.9 Å². The summed E-state index contributed by atoms with van der Waals surface area (Å²) in [5, 5.41) is 15.6. The zero-order chi connectivity index (χ0) is 32.6. The highest BCUT2D eigenvalue weighted by Crippen LogP contribution is 2.51. The maximum atomic E-state index is 14.6. The zero-order valence-electron chi connectivity index (χ0n) is 26.6. The number of nitrogens with one attached hydrogen (secondary N) is 2. The number of aromatic amines is 1. The number of aliphatic hydroxyl groups is 1. The van der Waals surface area contributed by atoms with Crippen LogP contribution in [0, 0.1) is 11.7 Å². The fourth-order valence-corrected chi connectivity index (χ4v) is 7.76. The van der Waals surface area contributed by atoms with Gasteiger partial charge in [-0.25, -0.2) is 14.0 Å². The molecule has 0 radical (unpaired) electrons. The van der Waals surface area contributed by atoms with Crippen LogP contribution in [0.1, 0.15) is 70.4 Å². The average molecular weight is 635 g/mol. The minimum atomic E-state index is -1.37. The van der Waals surface area contributed by atoms with E-state index in [2.05, 4.69) is 10.3 Å². The molecule has 4 atom stereocenters. The van der Waals surface area contributed by atoms with Crippen molar-refractivity contribution in [2.75, 3.05) is 13.1 Å². The molecular formula is C35H43FN4O6. The molecule has 11 heteroatoms. The molecule has 3 aliphatic rings. The molecule has 10 nitrogen and oxygen atoms in total. The van der Waals surface area contributed by atoms with Gasteiger partial charge in [-0.3, -0.25) is 9.69 Å². The van der Waals surface area contributed by atoms with Crippen molar-refractivity contribution in [1.82, 2.24) is 20.1 Å². The predicted octanol–water partition coefficient (Wildman–Crippen LogP) is 5.59. The number of fused-ring (bicyclic) bond motifs is 2. The first-order chi connectivity index (χ1) is 22.0. The average Bonchev–Trinajstić information content (AvgIpc) is 3.70. The van der Waals surface area contributed by atoms with Gasteiger partial charge in [0, 0.05) is 35.8 Å². The number of hydrogen-bond donors (Lipinski definition) is 3. The van der Waals surface area contributed by atoms with Gasteiger partial charge in [0.25, 0.3) is 0 Å². The summed E-state index contributed by atoms with van der Waals surface area (Å²) in [7, 11) is 0. The Hall–Kier alpha value is -4.12. The summed E-state index contributed by atoms with van der Waals surface area (Å²) in [5.74, 6) is -0.827. The zero-order valence-corrected chi connectivity index (χ0v) is 26.6. The minimum absolute atomic E-state index is 0.0400. The van der Waals surface area contributed by atoms with E-state index >= 15 is 0 Å². The third kappa shape index (κ3) is 5.92. The van der Waals surface area contributed by atoms with Gasteiger partial charge >= 0.3 is 12.2 Å². The number of β-amino-alcohol motifs (C(OH)–C–C–N with tert-alkyl or cyclic N) is 1. The molecule has 1 aromatic heterocycles. The van der Waals surface area contributed by atoms with Crippen molar-refractivity contribution < 1.29 is 33.4 Å². The molecule has 1 aliphatic carbocycles. The molecule has 0 spiro atoms. The molecule has 3 aromatic rings. The fraction of sp³-hybridized carbons (Fsp3) is 0.514. The Bertz CT molecular complexity index is 1580. The van der Waals surface area contributed by atoms with Crippen molar-refractivity contribution in [3.8, 4) is 0 Å². The predicted molar refractivity (Wildman–Crippen MR) is 169 cm³/mol. The Morgan fingerprint density at radius 1 is 1.09 bits per heavy atom. The molecule has 3 amide bonds. The first kappa shape index (κ1) is 31.8. The Morgan fingerprint density at radius 2 is 1.83 bits per heavy atom. The van der Waals surface area contributed by atoms with Gasteiger partial charge in [0.05, 0.1) is 6.04 Å². The van der Waals surface area contributed by atoms with Crippen LogP contribution in [0.15, 0.2) is 54.7 Å². The van der Waals surface area contributed by atoms with E-state index in [-0.39, 0.29) is 31.5 Å². The van der Waals surface area contributed by atoms with E-state index in [0.717, 1.165) is 37.7 Å². The first-order valence-corrected chi connectivity index (χ1v) is 16.2. The van der Waals surface area contributed by atoms with E-state index in [4.69, 9.17) is 9.47 Å². The number of alkyl carbamates (subject to hydrolysis) is 1. The van der Waals surface area contributed by atoms with Crippen molar-refractivity contribution in [1.29, 1.82) is 0 Å². The van der Waals surface area contributed by atoms with E-state index in [1.165, 1.54) is 17.0 Å². The number of aliphatic hydroxyl groups excluding tert-OH is 1. The molecule has 4 unspecified atom stereocenters. The van der Waals surface area contributed by atoms with Crippen LogP contribution in [0.5, 0.6) is 0 Å². The van der Waals surface area contributed by atoms with Gasteiger partial charge in [-0.1, -0.05) is 49.6 Å². The van der Waals surface area contributed by atoms with Crippen molar-refractivity contribution in [2.24, 2.45) is 5.92 Å². The lowest BCUT2D eigenvalue weighted by molar-refractivity contribution is -0.136. The molecule has 1 saturated carbocycles. The largest absolute Gasteiger partial charge is 0.445 e. The number of nitrogens with zero attached hydrogens (tertiary/aromatic N) is 2. The number of benzene rings is 2. The maximum Gasteiger partial charge on any atom is 0.411 e. The summed E-state index contributed by atoms with van der Waals surface area (Å²) in [5.41, 5.74) is -0.210. The van der Waals surface area contributed by atoms with Crippen LogP contribution in [0.4, 0.5) is 14.0 Å². The SMILES string of the molecule is CC(C)(C)OC(=O)NC(C(=O)N1CC(O)C2(c3c[nH]c4cc(F)ccc34)C1CCN2C(=O)OCc1ccccc1)C1CCCCC1. The molecule has 0 bridgehead atoms. The van der Waals surface area contributed by atoms with Gasteiger partial charge in [-0.05, 0) is 69.7 Å². The van der Waals surface area contributed by atoms with Gasteiger partial charge in [-0.15, -0.1) is 0 Å². The van der Waals surface area contributed by atoms with Crippen LogP contribution in [0.3, 0.4) is 0 Å². The van der Waals surface area contributed by atoms with Gasteiger partial charge in [-0.2, -0.15) is 0 Å². The van der Waals surface area contributed by atoms with E-state index in [1.54, 1.807) is 37.9 Å². The van der Waals surface area contributed by atoms with Crippen molar-refractivity contribution in [3.05, 3.63) is 71.7 Å². The van der Waals surface area contributed by atoms with Gasteiger partial charge in [0.1, 0.15) is 35.7 Å². The standard InChI is InChI=1S/C35H43FN4O6/c1-34(2,3)46-32(43)38-30(23-12-8-5-9-13-23)31(42)39-20-29(41)35(26-19-37-27-18-24(36)14-15-25(26)27)28(39)16-17-40(35)33(44)45-21-22-10-6-4-7-11-22/h4,6-7,10-11,14-15,18-19,23,28-30,37,41H,5,8-9,12-13,16-17,20-21H2,1-3H3,(H,38,43). The van der Waals surface area contributed by atoms with Gasteiger partial charge in [0.2, 0.25) is 5.91 Å².